The minimum Gasteiger partial charge on any atom is -0.305 e. The van der Waals surface area contributed by atoms with Crippen molar-refractivity contribution in [2.45, 2.75) is 13.0 Å². The lowest BCUT2D eigenvalue weighted by Crippen LogP contribution is -2.21. The van der Waals surface area contributed by atoms with E-state index in [0.29, 0.717) is 5.71 Å². The van der Waals surface area contributed by atoms with Gasteiger partial charge < -0.3 is 5.41 Å². The maximum absolute atomic E-state index is 9.96. The van der Waals surface area contributed by atoms with Crippen molar-refractivity contribution < 1.29 is 4.79 Å². The Labute approximate surface area is 71.0 Å². The molecule has 0 aromatic heterocycles. The van der Waals surface area contributed by atoms with Gasteiger partial charge in [-0.3, -0.25) is 0 Å². The first-order valence-electron chi connectivity index (χ1n) is 3.76. The number of allylic oxidation sites excluding steroid dienone is 3. The topological polar surface area (TPSA) is 53.3 Å². The molecule has 0 bridgehead atoms. The van der Waals surface area contributed by atoms with E-state index < -0.39 is 0 Å². The number of hydrogen-bond donors (Lipinski definition) is 1. The number of rotatable bonds is 2. The molecule has 62 valence electrons. The van der Waals surface area contributed by atoms with Gasteiger partial charge in [0.1, 0.15) is 0 Å². The summed E-state index contributed by atoms with van der Waals surface area (Å²) in [6.07, 6.45) is 8.75. The molecule has 0 fully saturated rings. The Bertz CT molecular complexity index is 285. The predicted octanol–water partition coefficient (Wildman–Crippen LogP) is 1.47. The molecule has 1 N–H and O–H groups in total. The van der Waals surface area contributed by atoms with Crippen molar-refractivity contribution in [2.75, 3.05) is 0 Å². The highest BCUT2D eigenvalue weighted by Gasteiger charge is 2.18. The smallest absolute Gasteiger partial charge is 0.235 e. The molecule has 3 heteroatoms. The van der Waals surface area contributed by atoms with E-state index in [0.717, 1.165) is 0 Å². The molecule has 0 aromatic carbocycles. The lowest BCUT2D eigenvalue weighted by atomic mass is 9.92. The van der Waals surface area contributed by atoms with E-state index >= 15 is 0 Å². The molecule has 0 heterocycles. The Kier molecular flexibility index (Phi) is 2.72. The van der Waals surface area contributed by atoms with Gasteiger partial charge in [0, 0.05) is 11.6 Å². The normalized spacial score (nSPS) is 23.4. The summed E-state index contributed by atoms with van der Waals surface area (Å²) in [7, 11) is 0. The van der Waals surface area contributed by atoms with Crippen LogP contribution in [0.25, 0.3) is 0 Å². The Balaban J connectivity index is 2.75. The zero-order valence-electron chi connectivity index (χ0n) is 6.82. The molecule has 0 amide bonds. The van der Waals surface area contributed by atoms with Gasteiger partial charge in [-0.25, -0.2) is 9.79 Å². The van der Waals surface area contributed by atoms with Crippen molar-refractivity contribution in [2.24, 2.45) is 10.9 Å². The third-order valence-electron chi connectivity index (χ3n) is 1.84. The first-order valence-corrected chi connectivity index (χ1v) is 3.76. The molecular weight excluding hydrogens is 152 g/mol. The van der Waals surface area contributed by atoms with E-state index in [4.69, 9.17) is 5.41 Å². The molecule has 1 rings (SSSR count). The van der Waals surface area contributed by atoms with Crippen LogP contribution in [-0.4, -0.2) is 17.8 Å². The van der Waals surface area contributed by atoms with Crippen LogP contribution in [0.5, 0.6) is 0 Å². The molecule has 0 radical (unpaired) electrons. The van der Waals surface area contributed by atoms with Crippen LogP contribution in [-0.2, 0) is 4.79 Å². The fourth-order valence-electron chi connectivity index (χ4n) is 1.14. The van der Waals surface area contributed by atoms with Crippen molar-refractivity contribution in [1.29, 1.82) is 5.41 Å². The van der Waals surface area contributed by atoms with Crippen LogP contribution in [0.2, 0.25) is 0 Å². The standard InChI is InChI=1S/C9H10N2O/c1-7(11-6-12)8-4-2-3-5-9(8)10/h2-5,7-8,10H,1H3. The maximum atomic E-state index is 9.96. The second-order valence-electron chi connectivity index (χ2n) is 2.69. The van der Waals surface area contributed by atoms with Gasteiger partial charge in [-0.05, 0) is 13.0 Å². The van der Waals surface area contributed by atoms with Crippen LogP contribution in [0.3, 0.4) is 0 Å². The Morgan fingerprint density at radius 2 is 2.42 bits per heavy atom. The number of carbonyl (C=O) groups excluding carboxylic acids is 1. The number of aliphatic imine (C=N–C) groups is 1. The average molecular weight is 162 g/mol. The summed E-state index contributed by atoms with van der Waals surface area (Å²) in [6, 6.07) is -0.184. The van der Waals surface area contributed by atoms with Gasteiger partial charge in [-0.1, -0.05) is 18.2 Å². The van der Waals surface area contributed by atoms with E-state index in [2.05, 4.69) is 4.99 Å². The first-order chi connectivity index (χ1) is 5.75. The third kappa shape index (κ3) is 1.77. The lowest BCUT2D eigenvalue weighted by molar-refractivity contribution is 0.554. The van der Waals surface area contributed by atoms with E-state index in [-0.39, 0.29) is 12.0 Å². The van der Waals surface area contributed by atoms with E-state index in [1.54, 1.807) is 19.1 Å². The van der Waals surface area contributed by atoms with Gasteiger partial charge in [0.2, 0.25) is 6.08 Å². The largest absolute Gasteiger partial charge is 0.305 e. The SMILES string of the molecule is CC(N=C=O)C1C=CC=CC1=N. The van der Waals surface area contributed by atoms with Crippen molar-refractivity contribution in [1.82, 2.24) is 0 Å². The number of nitrogens with zero attached hydrogens (tertiary/aromatic N) is 1. The van der Waals surface area contributed by atoms with Crippen molar-refractivity contribution >= 4 is 11.8 Å². The molecule has 3 nitrogen and oxygen atoms in total. The number of hydrogen-bond acceptors (Lipinski definition) is 3. The van der Waals surface area contributed by atoms with E-state index in [1.807, 2.05) is 12.2 Å². The molecule has 1 aliphatic carbocycles. The summed E-state index contributed by atoms with van der Waals surface area (Å²) >= 11 is 0. The van der Waals surface area contributed by atoms with Gasteiger partial charge in [-0.2, -0.15) is 0 Å². The fourth-order valence-corrected chi connectivity index (χ4v) is 1.14. The first kappa shape index (κ1) is 8.62. The zero-order valence-corrected chi connectivity index (χ0v) is 6.82. The Morgan fingerprint density at radius 1 is 1.67 bits per heavy atom. The van der Waals surface area contributed by atoms with Gasteiger partial charge >= 0.3 is 0 Å². The van der Waals surface area contributed by atoms with Gasteiger partial charge in [0.05, 0.1) is 6.04 Å². The molecule has 0 spiro atoms. The van der Waals surface area contributed by atoms with Crippen molar-refractivity contribution in [3.8, 4) is 0 Å². The molecule has 2 atom stereocenters. The van der Waals surface area contributed by atoms with Gasteiger partial charge in [-0.15, -0.1) is 0 Å². The van der Waals surface area contributed by atoms with E-state index in [1.165, 1.54) is 6.08 Å². The lowest BCUT2D eigenvalue weighted by Gasteiger charge is -2.16. The monoisotopic (exact) mass is 162 g/mol. The zero-order chi connectivity index (χ0) is 8.97. The summed E-state index contributed by atoms with van der Waals surface area (Å²) in [5.74, 6) is -0.0727. The molecule has 0 saturated heterocycles. The molecule has 1 aliphatic rings. The number of nitrogens with one attached hydrogen (secondary N) is 1. The maximum Gasteiger partial charge on any atom is 0.235 e. The minimum atomic E-state index is -0.184. The Morgan fingerprint density at radius 3 is 3.00 bits per heavy atom. The van der Waals surface area contributed by atoms with Gasteiger partial charge in [0.15, 0.2) is 0 Å². The molecule has 0 saturated carbocycles. The summed E-state index contributed by atoms with van der Waals surface area (Å²) in [5, 5.41) is 7.53. The Hall–Kier alpha value is -1.47. The van der Waals surface area contributed by atoms with Crippen molar-refractivity contribution in [3.63, 3.8) is 0 Å². The highest BCUT2D eigenvalue weighted by Crippen LogP contribution is 2.14. The van der Waals surface area contributed by atoms with E-state index in [9.17, 15) is 4.79 Å². The van der Waals surface area contributed by atoms with Crippen LogP contribution in [0, 0.1) is 11.3 Å². The molecule has 0 aromatic rings. The third-order valence-corrected chi connectivity index (χ3v) is 1.84. The second-order valence-corrected chi connectivity index (χ2v) is 2.69. The minimum absolute atomic E-state index is 0.0727. The van der Waals surface area contributed by atoms with Crippen LogP contribution in [0.1, 0.15) is 6.92 Å². The fraction of sp³-hybridized carbons (Fsp3) is 0.333. The number of isocyanates is 1. The second kappa shape index (κ2) is 3.79. The quantitative estimate of drug-likeness (QED) is 0.485. The summed E-state index contributed by atoms with van der Waals surface area (Å²) in [6.45, 7) is 1.80. The molecule has 12 heavy (non-hydrogen) atoms. The van der Waals surface area contributed by atoms with Crippen molar-refractivity contribution in [3.05, 3.63) is 24.3 Å². The van der Waals surface area contributed by atoms with Crippen LogP contribution in [0.4, 0.5) is 0 Å². The highest BCUT2D eigenvalue weighted by molar-refractivity contribution is 5.97. The summed E-state index contributed by atoms with van der Waals surface area (Å²) in [5.41, 5.74) is 0.490. The highest BCUT2D eigenvalue weighted by atomic mass is 16.1. The molecular formula is C9H10N2O. The summed E-state index contributed by atoms with van der Waals surface area (Å²) < 4.78 is 0. The van der Waals surface area contributed by atoms with Crippen LogP contribution in [0.15, 0.2) is 29.3 Å². The van der Waals surface area contributed by atoms with Gasteiger partial charge in [0.25, 0.3) is 0 Å². The average Bonchev–Trinajstić information content (AvgIpc) is 2.05. The summed E-state index contributed by atoms with van der Waals surface area (Å²) in [4.78, 5) is 13.5. The molecule has 0 aliphatic heterocycles. The molecule has 2 unspecified atom stereocenters. The van der Waals surface area contributed by atoms with Crippen LogP contribution < -0.4 is 0 Å². The van der Waals surface area contributed by atoms with Crippen LogP contribution >= 0.6 is 0 Å². The predicted molar refractivity (Wildman–Crippen MR) is 47.1 cm³/mol.